The molecule has 0 saturated carbocycles. The summed E-state index contributed by atoms with van der Waals surface area (Å²) in [5.74, 6) is 0.646. The summed E-state index contributed by atoms with van der Waals surface area (Å²) in [6.45, 7) is 2.18. The molecule has 0 spiro atoms. The van der Waals surface area contributed by atoms with Crippen molar-refractivity contribution in [1.29, 1.82) is 0 Å². The lowest BCUT2D eigenvalue weighted by atomic mass is 9.95. The number of hydrogen-bond acceptors (Lipinski definition) is 6. The van der Waals surface area contributed by atoms with Crippen molar-refractivity contribution < 1.29 is 14.2 Å². The summed E-state index contributed by atoms with van der Waals surface area (Å²) in [5, 5.41) is 3.33. The van der Waals surface area contributed by atoms with Crippen molar-refractivity contribution in [3.63, 3.8) is 0 Å². The molecule has 2 unspecified atom stereocenters. The molecule has 2 saturated heterocycles. The fraction of sp³-hybridized carbons (Fsp3) is 0.625. The zero-order valence-electron chi connectivity index (χ0n) is 13.7. The van der Waals surface area contributed by atoms with Crippen molar-refractivity contribution in [3.8, 4) is 0 Å². The van der Waals surface area contributed by atoms with Gasteiger partial charge in [-0.05, 0) is 44.7 Å². The number of piperidine rings is 1. The van der Waals surface area contributed by atoms with Gasteiger partial charge in [-0.3, -0.25) is 0 Å². The maximum Gasteiger partial charge on any atom is 0.395 e. The molecule has 2 aliphatic rings. The highest BCUT2D eigenvalue weighted by Gasteiger charge is 2.41. The number of fused-ring (bicyclic) bond motifs is 2. The van der Waals surface area contributed by atoms with Crippen LogP contribution in [0.1, 0.15) is 43.0 Å². The largest absolute Gasteiger partial charge is 0.462 e. The van der Waals surface area contributed by atoms with Gasteiger partial charge in [-0.2, -0.15) is 0 Å². The topological polar surface area (TPSA) is 63.7 Å². The molecule has 123 valence electrons. The Balaban J connectivity index is 1.67. The van der Waals surface area contributed by atoms with E-state index in [4.69, 9.17) is 9.39 Å². The van der Waals surface area contributed by atoms with Gasteiger partial charge in [0.2, 0.25) is 0 Å². The summed E-state index contributed by atoms with van der Waals surface area (Å²) in [6, 6.07) is 5.20. The molecule has 3 heterocycles. The Morgan fingerprint density at radius 1 is 1.39 bits per heavy atom. The molecule has 0 amide bonds. The predicted octanol–water partition coefficient (Wildman–Crippen LogP) is 1.53. The molecule has 2 bridgehead atoms. The van der Waals surface area contributed by atoms with Crippen LogP contribution in [-0.4, -0.2) is 50.4 Å². The van der Waals surface area contributed by atoms with Gasteiger partial charge in [-0.25, -0.2) is 9.78 Å². The number of carbonyl (C=O) groups excluding carboxylic acids is 1. The van der Waals surface area contributed by atoms with Gasteiger partial charge >= 0.3 is 13.6 Å². The molecule has 1 N–H and O–H groups in total. The Morgan fingerprint density at radius 3 is 2.70 bits per heavy atom. The molecule has 1 radical (unpaired) electrons. The molecule has 1 aromatic rings. The van der Waals surface area contributed by atoms with E-state index in [0.717, 1.165) is 18.7 Å². The highest BCUT2D eigenvalue weighted by Crippen LogP contribution is 2.38. The van der Waals surface area contributed by atoms with E-state index in [9.17, 15) is 4.79 Å². The van der Waals surface area contributed by atoms with Crippen LogP contribution in [-0.2, 0) is 9.39 Å². The van der Waals surface area contributed by atoms with Crippen molar-refractivity contribution in [1.82, 2.24) is 10.2 Å². The first-order chi connectivity index (χ1) is 11.2. The van der Waals surface area contributed by atoms with Gasteiger partial charge in [0.05, 0.1) is 12.2 Å². The third kappa shape index (κ3) is 3.51. The Bertz CT molecular complexity index is 526. The van der Waals surface area contributed by atoms with Gasteiger partial charge < -0.3 is 19.5 Å². The molecule has 7 heteroatoms. The van der Waals surface area contributed by atoms with Crippen LogP contribution in [0.2, 0.25) is 0 Å². The standard InChI is InChI=1S/C16H23BN3O3/c1-3-23-16(21)11-4-7-15(18-10-11)20-13-5-6-14(20)9-12(8-13)19-17-22-2/h4,7,10,12-14,19H,3,5-6,8-9H2,1-2H3. The molecule has 2 fully saturated rings. The number of pyridine rings is 1. The van der Waals surface area contributed by atoms with Crippen LogP contribution in [0.25, 0.3) is 0 Å². The Labute approximate surface area is 137 Å². The summed E-state index contributed by atoms with van der Waals surface area (Å²) in [4.78, 5) is 18.6. The number of anilines is 1. The predicted molar refractivity (Wildman–Crippen MR) is 88.4 cm³/mol. The van der Waals surface area contributed by atoms with Crippen molar-refractivity contribution in [3.05, 3.63) is 23.9 Å². The third-order valence-corrected chi connectivity index (χ3v) is 4.68. The number of hydrogen-bond donors (Lipinski definition) is 1. The maximum atomic E-state index is 11.7. The monoisotopic (exact) mass is 316 g/mol. The smallest absolute Gasteiger partial charge is 0.395 e. The van der Waals surface area contributed by atoms with Crippen LogP contribution in [0.3, 0.4) is 0 Å². The number of ether oxygens (including phenoxy) is 1. The fourth-order valence-electron chi connectivity index (χ4n) is 3.73. The van der Waals surface area contributed by atoms with Gasteiger partial charge in [0.1, 0.15) is 5.82 Å². The summed E-state index contributed by atoms with van der Waals surface area (Å²) in [7, 11) is 3.33. The average molecular weight is 316 g/mol. The number of nitrogens with one attached hydrogen (secondary N) is 1. The van der Waals surface area contributed by atoms with Gasteiger partial charge in [-0.15, -0.1) is 0 Å². The van der Waals surface area contributed by atoms with E-state index in [1.807, 2.05) is 12.1 Å². The van der Waals surface area contributed by atoms with Crippen molar-refractivity contribution in [2.75, 3.05) is 18.6 Å². The van der Waals surface area contributed by atoms with E-state index < -0.39 is 0 Å². The van der Waals surface area contributed by atoms with Crippen LogP contribution in [0, 0.1) is 0 Å². The number of carbonyl (C=O) groups is 1. The molecule has 23 heavy (non-hydrogen) atoms. The lowest BCUT2D eigenvalue weighted by Gasteiger charge is -2.40. The lowest BCUT2D eigenvalue weighted by molar-refractivity contribution is 0.0526. The van der Waals surface area contributed by atoms with E-state index in [2.05, 4.69) is 15.1 Å². The average Bonchev–Trinajstić information content (AvgIpc) is 2.84. The quantitative estimate of drug-likeness (QED) is 0.634. The van der Waals surface area contributed by atoms with Crippen molar-refractivity contribution in [2.45, 2.75) is 50.7 Å². The van der Waals surface area contributed by atoms with Crippen LogP contribution < -0.4 is 10.1 Å². The first-order valence-electron chi connectivity index (χ1n) is 8.25. The number of rotatable bonds is 6. The van der Waals surface area contributed by atoms with Gasteiger partial charge in [-0.1, -0.05) is 0 Å². The zero-order chi connectivity index (χ0) is 16.2. The SMILES string of the molecule is CCOC(=O)c1ccc(N2C3CCC2CC(N[B]OC)C3)nc1. The molecule has 2 atom stereocenters. The minimum absolute atomic E-state index is 0.312. The highest BCUT2D eigenvalue weighted by molar-refractivity contribution is 6.23. The minimum atomic E-state index is -0.312. The van der Waals surface area contributed by atoms with Gasteiger partial charge in [0.25, 0.3) is 0 Å². The lowest BCUT2D eigenvalue weighted by Crippen LogP contribution is -2.50. The van der Waals surface area contributed by atoms with E-state index in [1.54, 1.807) is 27.8 Å². The number of esters is 1. The molecule has 1 aromatic heterocycles. The molecular weight excluding hydrogens is 293 g/mol. The molecule has 6 nitrogen and oxygen atoms in total. The second-order valence-electron chi connectivity index (χ2n) is 6.11. The third-order valence-electron chi connectivity index (χ3n) is 4.68. The Kier molecular flexibility index (Phi) is 5.18. The first-order valence-corrected chi connectivity index (χ1v) is 8.25. The Hall–Kier alpha value is -1.60. The maximum absolute atomic E-state index is 11.7. The molecule has 0 aromatic carbocycles. The van der Waals surface area contributed by atoms with E-state index in [-0.39, 0.29) is 5.97 Å². The second kappa shape index (κ2) is 7.32. The van der Waals surface area contributed by atoms with E-state index in [1.165, 1.54) is 12.8 Å². The molecular formula is C16H23BN3O3. The summed E-state index contributed by atoms with van der Waals surface area (Å²) >= 11 is 0. The van der Waals surface area contributed by atoms with Crippen molar-refractivity contribution in [2.24, 2.45) is 0 Å². The van der Waals surface area contributed by atoms with Crippen LogP contribution in [0.15, 0.2) is 18.3 Å². The van der Waals surface area contributed by atoms with Crippen LogP contribution >= 0.6 is 0 Å². The van der Waals surface area contributed by atoms with E-state index in [0.29, 0.717) is 30.3 Å². The molecule has 2 aliphatic heterocycles. The normalized spacial score (nSPS) is 26.2. The van der Waals surface area contributed by atoms with Gasteiger partial charge in [0.15, 0.2) is 0 Å². The Morgan fingerprint density at radius 2 is 2.13 bits per heavy atom. The second-order valence-corrected chi connectivity index (χ2v) is 6.11. The molecule has 3 rings (SSSR count). The fourth-order valence-corrected chi connectivity index (χ4v) is 3.73. The summed E-state index contributed by atoms with van der Waals surface area (Å²) in [6.07, 6.45) is 6.17. The van der Waals surface area contributed by atoms with Crippen LogP contribution in [0.4, 0.5) is 5.82 Å². The van der Waals surface area contributed by atoms with E-state index >= 15 is 0 Å². The van der Waals surface area contributed by atoms with Gasteiger partial charge in [0, 0.05) is 31.4 Å². The summed E-state index contributed by atoms with van der Waals surface area (Å²) < 4.78 is 10.00. The first kappa shape index (κ1) is 16.3. The zero-order valence-corrected chi connectivity index (χ0v) is 13.7. The van der Waals surface area contributed by atoms with Crippen LogP contribution in [0.5, 0.6) is 0 Å². The number of aromatic nitrogens is 1. The van der Waals surface area contributed by atoms with Crippen molar-refractivity contribution >= 4 is 19.4 Å². The summed E-state index contributed by atoms with van der Waals surface area (Å²) in [5.41, 5.74) is 0.509. The highest BCUT2D eigenvalue weighted by atomic mass is 16.5. The minimum Gasteiger partial charge on any atom is -0.462 e. The number of nitrogens with zero attached hydrogens (tertiary/aromatic N) is 2. The molecule has 0 aliphatic carbocycles.